The van der Waals surface area contributed by atoms with Crippen molar-refractivity contribution >= 4 is 18.3 Å². The molecule has 0 aliphatic carbocycles. The van der Waals surface area contributed by atoms with Crippen LogP contribution in [0.3, 0.4) is 0 Å². The van der Waals surface area contributed by atoms with E-state index < -0.39 is 0 Å². The molecule has 1 N–H and O–H groups in total. The number of carbonyl (C=O) groups excluding carboxylic acids is 1. The number of benzene rings is 1. The van der Waals surface area contributed by atoms with Crippen molar-refractivity contribution in [2.24, 2.45) is 0 Å². The predicted octanol–water partition coefficient (Wildman–Crippen LogP) is 2.02. The zero-order chi connectivity index (χ0) is 15.8. The fraction of sp³-hybridized carbons (Fsp3) is 0.588. The van der Waals surface area contributed by atoms with Crippen molar-refractivity contribution in [3.05, 3.63) is 29.8 Å². The number of ether oxygens (including phenoxy) is 2. The lowest BCUT2D eigenvalue weighted by molar-refractivity contribution is -0.132. The summed E-state index contributed by atoms with van der Waals surface area (Å²) in [5.74, 6) is 1.07. The second kappa shape index (κ2) is 10.5. The number of rotatable bonds is 7. The van der Waals surface area contributed by atoms with Gasteiger partial charge in [0.05, 0.1) is 13.2 Å². The van der Waals surface area contributed by atoms with Gasteiger partial charge in [0.2, 0.25) is 5.91 Å². The summed E-state index contributed by atoms with van der Waals surface area (Å²) in [6.45, 7) is 5.30. The van der Waals surface area contributed by atoms with E-state index in [1.807, 2.05) is 17.0 Å². The summed E-state index contributed by atoms with van der Waals surface area (Å²) in [7, 11) is 1.66. The highest BCUT2D eigenvalue weighted by Gasteiger charge is 2.23. The Morgan fingerprint density at radius 1 is 1.26 bits per heavy atom. The molecule has 1 amide bonds. The molecule has 2 rings (SSSR count). The van der Waals surface area contributed by atoms with Gasteiger partial charge in [-0.3, -0.25) is 4.79 Å². The van der Waals surface area contributed by atoms with Crippen LogP contribution in [0.15, 0.2) is 24.3 Å². The van der Waals surface area contributed by atoms with Gasteiger partial charge in [0, 0.05) is 39.6 Å². The standard InChI is InChI=1S/C17H26N2O3.ClH/c1-14-3-5-15(6-4-14)22-16-7-10-19(11-8-16)17(20)13-18-9-12-21-2;/h3-6,16,18H,7-13H2,1-2H3;1H. The normalized spacial score (nSPS) is 15.1. The first kappa shape index (κ1) is 19.7. The minimum atomic E-state index is 0. The molecule has 0 atom stereocenters. The Balaban J connectivity index is 0.00000264. The molecule has 1 aromatic rings. The first-order valence-corrected chi connectivity index (χ1v) is 7.90. The van der Waals surface area contributed by atoms with Gasteiger partial charge >= 0.3 is 0 Å². The van der Waals surface area contributed by atoms with E-state index in [0.717, 1.165) is 31.7 Å². The van der Waals surface area contributed by atoms with E-state index in [4.69, 9.17) is 9.47 Å². The van der Waals surface area contributed by atoms with Gasteiger partial charge < -0.3 is 19.7 Å². The molecular formula is C17H27ClN2O3. The molecule has 1 aliphatic rings. The molecule has 6 heteroatoms. The molecule has 130 valence electrons. The minimum absolute atomic E-state index is 0. The molecule has 0 aromatic heterocycles. The van der Waals surface area contributed by atoms with E-state index in [9.17, 15) is 4.79 Å². The Morgan fingerprint density at radius 2 is 1.91 bits per heavy atom. The highest BCUT2D eigenvalue weighted by Crippen LogP contribution is 2.19. The summed E-state index contributed by atoms with van der Waals surface area (Å²) in [6.07, 6.45) is 1.98. The second-order valence-corrected chi connectivity index (χ2v) is 5.68. The zero-order valence-electron chi connectivity index (χ0n) is 13.9. The first-order valence-electron chi connectivity index (χ1n) is 7.90. The summed E-state index contributed by atoms with van der Waals surface area (Å²) < 4.78 is 10.9. The fourth-order valence-corrected chi connectivity index (χ4v) is 2.51. The number of nitrogens with one attached hydrogen (secondary N) is 1. The van der Waals surface area contributed by atoms with Gasteiger partial charge in [-0.05, 0) is 19.1 Å². The molecule has 0 radical (unpaired) electrons. The smallest absolute Gasteiger partial charge is 0.236 e. The number of hydrogen-bond donors (Lipinski definition) is 1. The lowest BCUT2D eigenvalue weighted by atomic mass is 10.1. The Labute approximate surface area is 144 Å². The van der Waals surface area contributed by atoms with Crippen LogP contribution >= 0.6 is 12.4 Å². The Kier molecular flexibility index (Phi) is 8.99. The topological polar surface area (TPSA) is 50.8 Å². The predicted molar refractivity (Wildman–Crippen MR) is 93.4 cm³/mol. The van der Waals surface area contributed by atoms with Crippen molar-refractivity contribution in [2.75, 3.05) is 39.9 Å². The summed E-state index contributed by atoms with van der Waals surface area (Å²) >= 11 is 0. The Bertz CT molecular complexity index is 459. The molecule has 0 saturated carbocycles. The van der Waals surface area contributed by atoms with Crippen molar-refractivity contribution in [2.45, 2.75) is 25.9 Å². The molecule has 0 bridgehead atoms. The third kappa shape index (κ3) is 6.77. The third-order valence-electron chi connectivity index (χ3n) is 3.88. The maximum atomic E-state index is 12.0. The highest BCUT2D eigenvalue weighted by atomic mass is 35.5. The molecule has 0 spiro atoms. The summed E-state index contributed by atoms with van der Waals surface area (Å²) in [4.78, 5) is 14.0. The third-order valence-corrected chi connectivity index (χ3v) is 3.88. The Morgan fingerprint density at radius 3 is 2.52 bits per heavy atom. The van der Waals surface area contributed by atoms with E-state index in [2.05, 4.69) is 24.4 Å². The second-order valence-electron chi connectivity index (χ2n) is 5.68. The average Bonchev–Trinajstić information content (AvgIpc) is 2.54. The van der Waals surface area contributed by atoms with Gasteiger partial charge in [0.15, 0.2) is 0 Å². The van der Waals surface area contributed by atoms with Gasteiger partial charge in [-0.1, -0.05) is 17.7 Å². The molecule has 1 fully saturated rings. The largest absolute Gasteiger partial charge is 0.490 e. The summed E-state index contributed by atoms with van der Waals surface area (Å²) in [5.41, 5.74) is 1.23. The van der Waals surface area contributed by atoms with Gasteiger partial charge in [0.25, 0.3) is 0 Å². The molecular weight excluding hydrogens is 316 g/mol. The zero-order valence-corrected chi connectivity index (χ0v) is 14.7. The number of amides is 1. The monoisotopic (exact) mass is 342 g/mol. The number of carbonyl (C=O) groups is 1. The van der Waals surface area contributed by atoms with Crippen molar-refractivity contribution < 1.29 is 14.3 Å². The molecule has 5 nitrogen and oxygen atoms in total. The maximum Gasteiger partial charge on any atom is 0.236 e. The van der Waals surface area contributed by atoms with Gasteiger partial charge in [-0.25, -0.2) is 0 Å². The van der Waals surface area contributed by atoms with Crippen LogP contribution in [0, 0.1) is 6.92 Å². The fourth-order valence-electron chi connectivity index (χ4n) is 2.51. The number of halogens is 1. The number of aryl methyl sites for hydroxylation is 1. The quantitative estimate of drug-likeness (QED) is 0.770. The Hall–Kier alpha value is -1.30. The van der Waals surface area contributed by atoms with E-state index in [-0.39, 0.29) is 24.4 Å². The van der Waals surface area contributed by atoms with Gasteiger partial charge in [0.1, 0.15) is 11.9 Å². The van der Waals surface area contributed by atoms with Crippen LogP contribution in [0.1, 0.15) is 18.4 Å². The van der Waals surface area contributed by atoms with Crippen molar-refractivity contribution in [1.82, 2.24) is 10.2 Å². The number of piperidine rings is 1. The van der Waals surface area contributed by atoms with E-state index in [1.165, 1.54) is 5.56 Å². The molecule has 1 heterocycles. The highest BCUT2D eigenvalue weighted by molar-refractivity contribution is 5.85. The van der Waals surface area contributed by atoms with Crippen LogP contribution in [0.4, 0.5) is 0 Å². The van der Waals surface area contributed by atoms with Crippen LogP contribution < -0.4 is 10.1 Å². The average molecular weight is 343 g/mol. The minimum Gasteiger partial charge on any atom is -0.490 e. The van der Waals surface area contributed by atoms with Crippen LogP contribution in [0.2, 0.25) is 0 Å². The molecule has 1 saturated heterocycles. The molecule has 0 unspecified atom stereocenters. The summed E-state index contributed by atoms with van der Waals surface area (Å²) in [6, 6.07) is 8.12. The number of methoxy groups -OCH3 is 1. The van der Waals surface area contributed by atoms with E-state index in [0.29, 0.717) is 19.7 Å². The first-order chi connectivity index (χ1) is 10.7. The number of hydrogen-bond acceptors (Lipinski definition) is 4. The van der Waals surface area contributed by atoms with E-state index in [1.54, 1.807) is 7.11 Å². The van der Waals surface area contributed by atoms with Crippen LogP contribution in [0.5, 0.6) is 5.75 Å². The summed E-state index contributed by atoms with van der Waals surface area (Å²) in [5, 5.41) is 3.09. The van der Waals surface area contributed by atoms with Crippen LogP contribution in [-0.4, -0.2) is 56.8 Å². The van der Waals surface area contributed by atoms with Gasteiger partial charge in [-0.15, -0.1) is 12.4 Å². The lowest BCUT2D eigenvalue weighted by Crippen LogP contribution is -2.45. The van der Waals surface area contributed by atoms with Crippen molar-refractivity contribution in [1.29, 1.82) is 0 Å². The van der Waals surface area contributed by atoms with Crippen LogP contribution in [0.25, 0.3) is 0 Å². The molecule has 1 aliphatic heterocycles. The van der Waals surface area contributed by atoms with Gasteiger partial charge in [-0.2, -0.15) is 0 Å². The SMILES string of the molecule is COCCNCC(=O)N1CCC(Oc2ccc(C)cc2)CC1.Cl. The van der Waals surface area contributed by atoms with Crippen molar-refractivity contribution in [3.63, 3.8) is 0 Å². The number of likely N-dealkylation sites (tertiary alicyclic amines) is 1. The maximum absolute atomic E-state index is 12.0. The van der Waals surface area contributed by atoms with Crippen LogP contribution in [-0.2, 0) is 9.53 Å². The number of nitrogens with zero attached hydrogens (tertiary/aromatic N) is 1. The molecule has 1 aromatic carbocycles. The van der Waals surface area contributed by atoms with E-state index >= 15 is 0 Å². The molecule has 23 heavy (non-hydrogen) atoms. The lowest BCUT2D eigenvalue weighted by Gasteiger charge is -2.32. The van der Waals surface area contributed by atoms with Crippen molar-refractivity contribution in [3.8, 4) is 5.75 Å².